The van der Waals surface area contributed by atoms with Crippen molar-refractivity contribution in [3.8, 4) is 0 Å². The van der Waals surface area contributed by atoms with Crippen molar-refractivity contribution < 1.29 is 12.8 Å². The van der Waals surface area contributed by atoms with Crippen molar-refractivity contribution in [3.63, 3.8) is 0 Å². The van der Waals surface area contributed by atoms with E-state index in [1.807, 2.05) is 19.0 Å². The van der Waals surface area contributed by atoms with E-state index in [-0.39, 0.29) is 11.4 Å². The Bertz CT molecular complexity index is 561. The van der Waals surface area contributed by atoms with Crippen LogP contribution in [0.4, 0.5) is 4.39 Å². The minimum Gasteiger partial charge on any atom is -0.326 e. The number of nitrogens with two attached hydrogens (primary N) is 1. The second kappa shape index (κ2) is 7.84. The van der Waals surface area contributed by atoms with Crippen LogP contribution < -0.4 is 5.73 Å². The number of halogens is 1. The van der Waals surface area contributed by atoms with E-state index in [0.29, 0.717) is 25.1 Å². The smallest absolute Gasteiger partial charge is 0.245 e. The molecule has 0 bridgehead atoms. The molecule has 21 heavy (non-hydrogen) atoms. The molecule has 0 heterocycles. The fourth-order valence-corrected chi connectivity index (χ4v) is 3.56. The maximum Gasteiger partial charge on any atom is 0.245 e. The zero-order chi connectivity index (χ0) is 16.0. The van der Waals surface area contributed by atoms with E-state index in [2.05, 4.69) is 0 Å². The predicted octanol–water partition coefficient (Wildman–Crippen LogP) is 1.25. The van der Waals surface area contributed by atoms with E-state index in [4.69, 9.17) is 5.73 Å². The fourth-order valence-electron chi connectivity index (χ4n) is 2.03. The van der Waals surface area contributed by atoms with Crippen LogP contribution in [-0.2, 0) is 16.6 Å². The normalized spacial score (nSPS) is 12.3. The van der Waals surface area contributed by atoms with Gasteiger partial charge in [0.05, 0.1) is 0 Å². The first-order valence-electron chi connectivity index (χ1n) is 6.96. The van der Waals surface area contributed by atoms with E-state index >= 15 is 0 Å². The highest BCUT2D eigenvalue weighted by Gasteiger charge is 2.26. The second-order valence-corrected chi connectivity index (χ2v) is 7.03. The van der Waals surface area contributed by atoms with E-state index < -0.39 is 15.8 Å². The molecule has 0 saturated carbocycles. The molecule has 7 heteroatoms. The largest absolute Gasteiger partial charge is 0.326 e. The molecule has 0 aromatic heterocycles. The van der Waals surface area contributed by atoms with Gasteiger partial charge in [-0.25, -0.2) is 12.8 Å². The highest BCUT2D eigenvalue weighted by Crippen LogP contribution is 2.20. The lowest BCUT2D eigenvalue weighted by molar-refractivity contribution is 0.355. The minimum atomic E-state index is -3.81. The Morgan fingerprint density at radius 2 is 1.90 bits per heavy atom. The lowest BCUT2D eigenvalue weighted by Crippen LogP contribution is -2.33. The van der Waals surface area contributed by atoms with Gasteiger partial charge in [-0.15, -0.1) is 0 Å². The van der Waals surface area contributed by atoms with E-state index in [1.54, 1.807) is 13.0 Å². The number of hydrogen-bond donors (Lipinski definition) is 1. The van der Waals surface area contributed by atoms with Gasteiger partial charge in [-0.2, -0.15) is 4.31 Å². The summed E-state index contributed by atoms with van der Waals surface area (Å²) in [4.78, 5) is 1.70. The van der Waals surface area contributed by atoms with Crippen LogP contribution in [0.15, 0.2) is 23.1 Å². The molecule has 1 aromatic carbocycles. The van der Waals surface area contributed by atoms with E-state index in [0.717, 1.165) is 6.54 Å². The number of rotatable bonds is 8. The lowest BCUT2D eigenvalue weighted by Gasteiger charge is -2.21. The van der Waals surface area contributed by atoms with Gasteiger partial charge in [-0.1, -0.05) is 13.0 Å². The first-order valence-corrected chi connectivity index (χ1v) is 8.40. The third-order valence-corrected chi connectivity index (χ3v) is 5.22. The van der Waals surface area contributed by atoms with Crippen LogP contribution in [0.1, 0.15) is 18.9 Å². The molecule has 1 rings (SSSR count). The fraction of sp³-hybridized carbons (Fsp3) is 0.571. The molecule has 0 fully saturated rings. The Morgan fingerprint density at radius 3 is 2.38 bits per heavy atom. The summed E-state index contributed by atoms with van der Waals surface area (Å²) in [5, 5.41) is 0. The number of benzene rings is 1. The maximum absolute atomic E-state index is 14.0. The van der Waals surface area contributed by atoms with Crippen molar-refractivity contribution in [1.29, 1.82) is 0 Å². The van der Waals surface area contributed by atoms with Gasteiger partial charge in [0.25, 0.3) is 0 Å². The topological polar surface area (TPSA) is 66.6 Å². The summed E-state index contributed by atoms with van der Waals surface area (Å²) in [6.45, 7) is 3.39. The third kappa shape index (κ3) is 4.74. The molecule has 0 aliphatic rings. The van der Waals surface area contributed by atoms with Gasteiger partial charge in [0, 0.05) is 19.6 Å². The van der Waals surface area contributed by atoms with Crippen molar-refractivity contribution in [2.75, 3.05) is 33.7 Å². The summed E-state index contributed by atoms with van der Waals surface area (Å²) in [7, 11) is 0.0474. The summed E-state index contributed by atoms with van der Waals surface area (Å²) in [5.41, 5.74) is 6.00. The van der Waals surface area contributed by atoms with Crippen LogP contribution in [0.2, 0.25) is 0 Å². The molecule has 0 aliphatic carbocycles. The molecule has 0 atom stereocenters. The van der Waals surface area contributed by atoms with Gasteiger partial charge in [-0.3, -0.25) is 0 Å². The van der Waals surface area contributed by atoms with Crippen molar-refractivity contribution >= 4 is 10.0 Å². The van der Waals surface area contributed by atoms with Crippen molar-refractivity contribution in [2.24, 2.45) is 5.73 Å². The standard InChI is InChI=1S/C14H24FN3O2S/c1-4-18(9-5-8-17(2)3)21(19,20)14-7-6-12(11-16)10-13(14)15/h6-7,10H,4-5,8-9,11,16H2,1-3H3. The van der Waals surface area contributed by atoms with Crippen molar-refractivity contribution in [1.82, 2.24) is 9.21 Å². The van der Waals surface area contributed by atoms with Gasteiger partial charge in [0.15, 0.2) is 0 Å². The average Bonchev–Trinajstić information content (AvgIpc) is 2.42. The van der Waals surface area contributed by atoms with Crippen LogP contribution in [0.5, 0.6) is 0 Å². The highest BCUT2D eigenvalue weighted by molar-refractivity contribution is 7.89. The van der Waals surface area contributed by atoms with E-state index in [1.165, 1.54) is 16.4 Å². The Morgan fingerprint density at radius 1 is 1.24 bits per heavy atom. The predicted molar refractivity (Wildman–Crippen MR) is 81.9 cm³/mol. The second-order valence-electron chi connectivity index (χ2n) is 5.12. The average molecular weight is 317 g/mol. The Hall–Kier alpha value is -1.02. The molecule has 0 unspecified atom stereocenters. The Labute approximate surface area is 126 Å². The van der Waals surface area contributed by atoms with E-state index in [9.17, 15) is 12.8 Å². The zero-order valence-electron chi connectivity index (χ0n) is 12.8. The molecule has 0 amide bonds. The minimum absolute atomic E-state index is 0.178. The first kappa shape index (κ1) is 18.0. The van der Waals surface area contributed by atoms with Crippen LogP contribution in [0, 0.1) is 5.82 Å². The van der Waals surface area contributed by atoms with Crippen molar-refractivity contribution in [3.05, 3.63) is 29.6 Å². The molecule has 0 aliphatic heterocycles. The van der Waals surface area contributed by atoms with Gasteiger partial charge in [0.2, 0.25) is 10.0 Å². The van der Waals surface area contributed by atoms with Gasteiger partial charge < -0.3 is 10.6 Å². The number of hydrogen-bond acceptors (Lipinski definition) is 4. The molecular weight excluding hydrogens is 293 g/mol. The summed E-state index contributed by atoms with van der Waals surface area (Å²) < 4.78 is 40.3. The Balaban J connectivity index is 2.96. The summed E-state index contributed by atoms with van der Waals surface area (Å²) in [5.74, 6) is -0.746. The summed E-state index contributed by atoms with van der Waals surface area (Å²) in [6.07, 6.45) is 0.697. The number of nitrogens with zero attached hydrogens (tertiary/aromatic N) is 2. The zero-order valence-corrected chi connectivity index (χ0v) is 13.7. The summed E-state index contributed by atoms with van der Waals surface area (Å²) in [6, 6.07) is 4.02. The highest BCUT2D eigenvalue weighted by atomic mass is 32.2. The SMILES string of the molecule is CCN(CCCN(C)C)S(=O)(=O)c1ccc(CN)cc1F. The van der Waals surface area contributed by atoms with Crippen LogP contribution in [0.3, 0.4) is 0 Å². The third-order valence-electron chi connectivity index (χ3n) is 3.22. The molecule has 120 valence electrons. The van der Waals surface area contributed by atoms with Gasteiger partial charge in [-0.05, 0) is 44.8 Å². The van der Waals surface area contributed by atoms with Gasteiger partial charge in [0.1, 0.15) is 10.7 Å². The maximum atomic E-state index is 14.0. The van der Waals surface area contributed by atoms with Crippen LogP contribution in [0.25, 0.3) is 0 Å². The molecular formula is C14H24FN3O2S. The quantitative estimate of drug-likeness (QED) is 0.783. The first-order chi connectivity index (χ1) is 9.82. The van der Waals surface area contributed by atoms with Gasteiger partial charge >= 0.3 is 0 Å². The molecule has 0 saturated heterocycles. The molecule has 0 spiro atoms. The summed E-state index contributed by atoms with van der Waals surface area (Å²) >= 11 is 0. The van der Waals surface area contributed by atoms with Crippen LogP contribution >= 0.6 is 0 Å². The van der Waals surface area contributed by atoms with Crippen LogP contribution in [-0.4, -0.2) is 51.4 Å². The van der Waals surface area contributed by atoms with Crippen molar-refractivity contribution in [2.45, 2.75) is 24.8 Å². The Kier molecular flexibility index (Phi) is 6.73. The monoisotopic (exact) mass is 317 g/mol. The lowest BCUT2D eigenvalue weighted by atomic mass is 10.2. The molecule has 1 aromatic rings. The number of sulfonamides is 1. The molecule has 5 nitrogen and oxygen atoms in total. The molecule has 0 radical (unpaired) electrons. The molecule has 2 N–H and O–H groups in total.